The summed E-state index contributed by atoms with van der Waals surface area (Å²) in [6.07, 6.45) is 2.97. The molecule has 0 atom stereocenters. The van der Waals surface area contributed by atoms with Gasteiger partial charge in [-0.3, -0.25) is 4.98 Å². The fourth-order valence-corrected chi connectivity index (χ4v) is 4.20. The molecule has 0 bridgehead atoms. The summed E-state index contributed by atoms with van der Waals surface area (Å²) >= 11 is 1.85. The highest BCUT2D eigenvalue weighted by Crippen LogP contribution is 2.51. The Kier molecular flexibility index (Phi) is 3.80. The highest BCUT2D eigenvalue weighted by Gasteiger charge is 2.25. The Morgan fingerprint density at radius 2 is 1.74 bits per heavy atom. The van der Waals surface area contributed by atoms with Crippen molar-refractivity contribution in [2.75, 3.05) is 11.4 Å². The molecule has 0 saturated heterocycles. The van der Waals surface area contributed by atoms with Crippen LogP contribution in [0.4, 0.5) is 11.4 Å². The molecule has 3 heteroatoms. The zero-order valence-electron chi connectivity index (χ0n) is 13.1. The molecule has 0 saturated carbocycles. The van der Waals surface area contributed by atoms with Crippen LogP contribution in [-0.4, -0.2) is 11.5 Å². The minimum atomic E-state index is 1.01. The predicted octanol–water partition coefficient (Wildman–Crippen LogP) is 5.76. The van der Waals surface area contributed by atoms with Gasteiger partial charge in [-0.2, -0.15) is 0 Å². The van der Waals surface area contributed by atoms with E-state index in [4.69, 9.17) is 0 Å². The zero-order chi connectivity index (χ0) is 15.6. The van der Waals surface area contributed by atoms with Crippen LogP contribution in [0.5, 0.6) is 0 Å². The lowest BCUT2D eigenvalue weighted by molar-refractivity contribution is 0.866. The molecular weight excluding hydrogens is 300 g/mol. The van der Waals surface area contributed by atoms with Gasteiger partial charge in [0.05, 0.1) is 17.1 Å². The van der Waals surface area contributed by atoms with Crippen molar-refractivity contribution < 1.29 is 0 Å². The van der Waals surface area contributed by atoms with Crippen LogP contribution >= 0.6 is 11.8 Å². The fraction of sp³-hybridized carbons (Fsp3) is 0.150. The van der Waals surface area contributed by atoms with E-state index in [1.165, 1.54) is 26.7 Å². The van der Waals surface area contributed by atoms with Gasteiger partial charge in [-0.25, -0.2) is 0 Å². The first-order valence-corrected chi connectivity index (χ1v) is 8.79. The van der Waals surface area contributed by atoms with Gasteiger partial charge >= 0.3 is 0 Å². The second kappa shape index (κ2) is 6.09. The smallest absolute Gasteiger partial charge is 0.0723 e. The molecule has 0 N–H and O–H groups in total. The van der Waals surface area contributed by atoms with Crippen molar-refractivity contribution in [2.24, 2.45) is 0 Å². The molecule has 23 heavy (non-hydrogen) atoms. The largest absolute Gasteiger partial charge is 0.339 e. The molecule has 1 aliphatic rings. The van der Waals surface area contributed by atoms with E-state index in [1.54, 1.807) is 0 Å². The molecule has 0 unspecified atom stereocenters. The third-order valence-corrected chi connectivity index (χ3v) is 5.15. The van der Waals surface area contributed by atoms with Gasteiger partial charge < -0.3 is 4.90 Å². The standard InChI is InChI=1S/C20H18N2S/c1-2-14-22-17-10-3-4-11-18(17)23-19-12-7-8-15(20(19)22)16-9-5-6-13-21-16/h3-13H,2,14H2,1H3. The van der Waals surface area contributed by atoms with Crippen LogP contribution in [0.2, 0.25) is 0 Å². The highest BCUT2D eigenvalue weighted by atomic mass is 32.2. The zero-order valence-corrected chi connectivity index (χ0v) is 13.9. The first kappa shape index (κ1) is 14.3. The van der Waals surface area contributed by atoms with E-state index >= 15 is 0 Å². The molecule has 2 nitrogen and oxygen atoms in total. The topological polar surface area (TPSA) is 16.1 Å². The van der Waals surface area contributed by atoms with Gasteiger partial charge in [0, 0.05) is 28.1 Å². The van der Waals surface area contributed by atoms with Crippen molar-refractivity contribution in [3.8, 4) is 11.3 Å². The van der Waals surface area contributed by atoms with E-state index in [-0.39, 0.29) is 0 Å². The number of rotatable bonds is 3. The fourth-order valence-electron chi connectivity index (χ4n) is 3.07. The summed E-state index contributed by atoms with van der Waals surface area (Å²) < 4.78 is 0. The molecule has 0 spiro atoms. The Morgan fingerprint density at radius 3 is 2.57 bits per heavy atom. The molecule has 1 aliphatic heterocycles. The number of pyridine rings is 1. The van der Waals surface area contributed by atoms with E-state index < -0.39 is 0 Å². The maximum atomic E-state index is 4.57. The molecule has 2 heterocycles. The second-order valence-electron chi connectivity index (χ2n) is 5.59. The molecule has 2 aromatic carbocycles. The van der Waals surface area contributed by atoms with Crippen LogP contribution in [0.1, 0.15) is 13.3 Å². The first-order valence-electron chi connectivity index (χ1n) is 7.97. The summed E-state index contributed by atoms with van der Waals surface area (Å²) in [7, 11) is 0. The summed E-state index contributed by atoms with van der Waals surface area (Å²) in [5.74, 6) is 0. The molecular formula is C20H18N2S. The van der Waals surface area contributed by atoms with E-state index in [0.29, 0.717) is 0 Å². The van der Waals surface area contributed by atoms with E-state index in [1.807, 2.05) is 24.0 Å². The van der Waals surface area contributed by atoms with Gasteiger partial charge in [0.15, 0.2) is 0 Å². The highest BCUT2D eigenvalue weighted by molar-refractivity contribution is 7.99. The van der Waals surface area contributed by atoms with Gasteiger partial charge in [0.1, 0.15) is 0 Å². The van der Waals surface area contributed by atoms with Crippen LogP contribution in [-0.2, 0) is 0 Å². The van der Waals surface area contributed by atoms with Gasteiger partial charge in [-0.1, -0.05) is 49.0 Å². The van der Waals surface area contributed by atoms with Crippen LogP contribution in [0.25, 0.3) is 11.3 Å². The minimum Gasteiger partial charge on any atom is -0.339 e. The Morgan fingerprint density at radius 1 is 0.913 bits per heavy atom. The number of para-hydroxylation sites is 2. The lowest BCUT2D eigenvalue weighted by Gasteiger charge is -2.34. The molecule has 4 rings (SSSR count). The molecule has 1 aromatic heterocycles. The molecule has 0 aliphatic carbocycles. The van der Waals surface area contributed by atoms with Gasteiger partial charge in [-0.05, 0) is 36.8 Å². The Bertz CT molecular complexity index is 830. The molecule has 0 fully saturated rings. The average molecular weight is 318 g/mol. The van der Waals surface area contributed by atoms with Gasteiger partial charge in [0.25, 0.3) is 0 Å². The number of hydrogen-bond donors (Lipinski definition) is 0. The van der Waals surface area contributed by atoms with Crippen LogP contribution in [0, 0.1) is 0 Å². The number of hydrogen-bond acceptors (Lipinski definition) is 3. The average Bonchev–Trinajstić information content (AvgIpc) is 2.62. The van der Waals surface area contributed by atoms with E-state index in [2.05, 4.69) is 71.4 Å². The number of benzene rings is 2. The van der Waals surface area contributed by atoms with Crippen molar-refractivity contribution in [3.05, 3.63) is 66.9 Å². The lowest BCUT2D eigenvalue weighted by Crippen LogP contribution is -2.22. The molecule has 0 radical (unpaired) electrons. The van der Waals surface area contributed by atoms with Crippen molar-refractivity contribution >= 4 is 23.1 Å². The number of aromatic nitrogens is 1. The van der Waals surface area contributed by atoms with E-state index in [0.717, 1.165) is 18.7 Å². The Hall–Kier alpha value is -2.26. The first-order chi connectivity index (χ1) is 11.4. The van der Waals surface area contributed by atoms with Crippen molar-refractivity contribution in [1.82, 2.24) is 4.98 Å². The normalized spacial score (nSPS) is 12.7. The Balaban J connectivity index is 1.93. The van der Waals surface area contributed by atoms with Crippen LogP contribution in [0.15, 0.2) is 76.7 Å². The number of nitrogens with zero attached hydrogens (tertiary/aromatic N) is 2. The monoisotopic (exact) mass is 318 g/mol. The summed E-state index contributed by atoms with van der Waals surface area (Å²) in [5.41, 5.74) is 4.83. The Labute approximate surface area is 141 Å². The predicted molar refractivity (Wildman–Crippen MR) is 97.5 cm³/mol. The summed E-state index contributed by atoms with van der Waals surface area (Å²) in [6.45, 7) is 3.24. The van der Waals surface area contributed by atoms with Crippen LogP contribution < -0.4 is 4.90 Å². The molecule has 3 aromatic rings. The summed E-state index contributed by atoms with van der Waals surface area (Å²) in [5, 5.41) is 0. The molecule has 114 valence electrons. The number of fused-ring (bicyclic) bond motifs is 2. The molecule has 0 amide bonds. The summed E-state index contributed by atoms with van der Waals surface area (Å²) in [6, 6.07) is 21.3. The van der Waals surface area contributed by atoms with Crippen molar-refractivity contribution in [3.63, 3.8) is 0 Å². The third kappa shape index (κ3) is 2.51. The second-order valence-corrected chi connectivity index (χ2v) is 6.67. The maximum absolute atomic E-state index is 4.57. The van der Waals surface area contributed by atoms with Gasteiger partial charge in [0.2, 0.25) is 0 Å². The van der Waals surface area contributed by atoms with Gasteiger partial charge in [-0.15, -0.1) is 0 Å². The van der Waals surface area contributed by atoms with Crippen LogP contribution in [0.3, 0.4) is 0 Å². The third-order valence-electron chi connectivity index (χ3n) is 4.03. The number of anilines is 2. The SMILES string of the molecule is CCCN1c2ccccc2Sc2cccc(-c3ccccn3)c21. The minimum absolute atomic E-state index is 1.01. The van der Waals surface area contributed by atoms with Crippen molar-refractivity contribution in [2.45, 2.75) is 23.1 Å². The quantitative estimate of drug-likeness (QED) is 0.610. The maximum Gasteiger partial charge on any atom is 0.0723 e. The lowest BCUT2D eigenvalue weighted by atomic mass is 10.1. The van der Waals surface area contributed by atoms with E-state index in [9.17, 15) is 0 Å². The van der Waals surface area contributed by atoms with Crippen molar-refractivity contribution in [1.29, 1.82) is 0 Å². The summed E-state index contributed by atoms with van der Waals surface area (Å²) in [4.78, 5) is 9.65.